The van der Waals surface area contributed by atoms with E-state index in [2.05, 4.69) is 0 Å². The summed E-state index contributed by atoms with van der Waals surface area (Å²) in [6, 6.07) is 3.82. The molecule has 0 unspecified atom stereocenters. The number of anilines is 1. The molecule has 1 rings (SSSR count). The van der Waals surface area contributed by atoms with Gasteiger partial charge in [-0.05, 0) is 12.1 Å². The number of halogens is 1. The van der Waals surface area contributed by atoms with E-state index in [-0.39, 0.29) is 24.4 Å². The van der Waals surface area contributed by atoms with Crippen LogP contribution in [0.25, 0.3) is 0 Å². The molecule has 7 heteroatoms. The molecule has 104 valence electrons. The van der Waals surface area contributed by atoms with E-state index in [0.29, 0.717) is 0 Å². The third-order valence-corrected chi connectivity index (χ3v) is 2.46. The Kier molecular flexibility index (Phi) is 5.25. The Morgan fingerprint density at radius 1 is 1.47 bits per heavy atom. The molecule has 1 aromatic rings. The molecule has 6 nitrogen and oxygen atoms in total. The summed E-state index contributed by atoms with van der Waals surface area (Å²) in [5, 5.41) is 8.76. The van der Waals surface area contributed by atoms with Crippen LogP contribution >= 0.6 is 0 Å². The maximum atomic E-state index is 13.3. The van der Waals surface area contributed by atoms with Gasteiger partial charge in [0.2, 0.25) is 0 Å². The summed E-state index contributed by atoms with van der Waals surface area (Å²) in [4.78, 5) is 23.9. The van der Waals surface area contributed by atoms with Gasteiger partial charge in [-0.15, -0.1) is 0 Å². The number of carbonyl (C=O) groups is 2. The number of aliphatic carboxylic acids is 1. The van der Waals surface area contributed by atoms with Gasteiger partial charge in [0.25, 0.3) is 5.91 Å². The number of nitrogens with zero attached hydrogens (tertiary/aromatic N) is 1. The number of amides is 1. The van der Waals surface area contributed by atoms with Crippen molar-refractivity contribution < 1.29 is 23.8 Å². The maximum Gasteiger partial charge on any atom is 0.323 e. The van der Waals surface area contributed by atoms with Crippen molar-refractivity contribution in [2.45, 2.75) is 0 Å². The van der Waals surface area contributed by atoms with E-state index < -0.39 is 24.2 Å². The average Bonchev–Trinajstić information content (AvgIpc) is 2.36. The highest BCUT2D eigenvalue weighted by atomic mass is 19.1. The van der Waals surface area contributed by atoms with E-state index in [1.54, 1.807) is 0 Å². The van der Waals surface area contributed by atoms with Crippen molar-refractivity contribution in [3.8, 4) is 0 Å². The summed E-state index contributed by atoms with van der Waals surface area (Å²) in [5.41, 5.74) is 5.13. The number of hydrogen-bond donors (Lipinski definition) is 2. The Balaban J connectivity index is 2.97. The zero-order valence-corrected chi connectivity index (χ0v) is 10.4. The molecule has 0 saturated carbocycles. The smallest absolute Gasteiger partial charge is 0.323 e. The average molecular weight is 270 g/mol. The minimum Gasteiger partial charge on any atom is -0.480 e. The molecule has 0 saturated heterocycles. The van der Waals surface area contributed by atoms with Crippen LogP contribution in [0.5, 0.6) is 0 Å². The zero-order valence-electron chi connectivity index (χ0n) is 10.4. The fourth-order valence-electron chi connectivity index (χ4n) is 1.51. The van der Waals surface area contributed by atoms with Gasteiger partial charge in [-0.25, -0.2) is 4.39 Å². The lowest BCUT2D eigenvalue weighted by molar-refractivity contribution is -0.137. The number of ether oxygens (including phenoxy) is 1. The molecule has 0 aliphatic heterocycles. The first-order valence-electron chi connectivity index (χ1n) is 5.51. The van der Waals surface area contributed by atoms with Gasteiger partial charge in [0.05, 0.1) is 17.9 Å². The van der Waals surface area contributed by atoms with Gasteiger partial charge in [-0.3, -0.25) is 9.59 Å². The highest BCUT2D eigenvalue weighted by Gasteiger charge is 2.21. The quantitative estimate of drug-likeness (QED) is 0.738. The van der Waals surface area contributed by atoms with Crippen LogP contribution in [-0.2, 0) is 9.53 Å². The third kappa shape index (κ3) is 3.92. The lowest BCUT2D eigenvalue weighted by atomic mass is 10.1. The van der Waals surface area contributed by atoms with Crippen molar-refractivity contribution in [3.05, 3.63) is 29.6 Å². The van der Waals surface area contributed by atoms with Gasteiger partial charge >= 0.3 is 5.97 Å². The highest BCUT2D eigenvalue weighted by Crippen LogP contribution is 2.17. The lowest BCUT2D eigenvalue weighted by Gasteiger charge is -2.21. The fourth-order valence-corrected chi connectivity index (χ4v) is 1.51. The molecule has 0 spiro atoms. The molecule has 0 aromatic heterocycles. The van der Waals surface area contributed by atoms with Crippen molar-refractivity contribution in [2.75, 3.05) is 32.5 Å². The van der Waals surface area contributed by atoms with Gasteiger partial charge in [-0.1, -0.05) is 6.07 Å². The molecule has 0 atom stereocenters. The molecule has 0 radical (unpaired) electrons. The minimum atomic E-state index is -1.17. The first kappa shape index (κ1) is 14.9. The second-order valence-corrected chi connectivity index (χ2v) is 3.81. The van der Waals surface area contributed by atoms with Crippen molar-refractivity contribution in [3.63, 3.8) is 0 Å². The van der Waals surface area contributed by atoms with E-state index in [9.17, 15) is 14.0 Å². The Morgan fingerprint density at radius 3 is 2.74 bits per heavy atom. The highest BCUT2D eigenvalue weighted by molar-refractivity contribution is 6.00. The molecule has 19 heavy (non-hydrogen) atoms. The van der Waals surface area contributed by atoms with Gasteiger partial charge < -0.3 is 20.5 Å². The van der Waals surface area contributed by atoms with Crippen molar-refractivity contribution in [1.82, 2.24) is 4.90 Å². The maximum absolute atomic E-state index is 13.3. The Labute approximate surface area is 109 Å². The monoisotopic (exact) mass is 270 g/mol. The number of benzene rings is 1. The number of hydrogen-bond acceptors (Lipinski definition) is 4. The molecule has 1 aromatic carbocycles. The first-order chi connectivity index (χ1) is 8.97. The summed E-state index contributed by atoms with van der Waals surface area (Å²) in [6.45, 7) is -0.246. The van der Waals surface area contributed by atoms with Crippen LogP contribution in [0, 0.1) is 5.82 Å². The van der Waals surface area contributed by atoms with Crippen LogP contribution in [0.1, 0.15) is 10.4 Å². The van der Waals surface area contributed by atoms with Crippen molar-refractivity contribution in [2.24, 2.45) is 0 Å². The molecule has 0 fully saturated rings. The number of rotatable bonds is 6. The molecule has 0 aliphatic rings. The Bertz CT molecular complexity index is 479. The van der Waals surface area contributed by atoms with Crippen LogP contribution in [0.15, 0.2) is 18.2 Å². The minimum absolute atomic E-state index is 0.0580. The lowest BCUT2D eigenvalue weighted by Crippen LogP contribution is -2.38. The SMILES string of the molecule is COCCN(CC(=O)O)C(=O)c1cccc(F)c1N. The van der Waals surface area contributed by atoms with E-state index in [4.69, 9.17) is 15.6 Å². The largest absolute Gasteiger partial charge is 0.480 e. The summed E-state index contributed by atoms with van der Waals surface area (Å²) in [5.74, 6) is -2.52. The van der Waals surface area contributed by atoms with Gasteiger partial charge in [0, 0.05) is 13.7 Å². The molecule has 3 N–H and O–H groups in total. The number of carboxylic acid groups (broad SMARTS) is 1. The molecule has 1 amide bonds. The van der Waals surface area contributed by atoms with Crippen LogP contribution in [0.2, 0.25) is 0 Å². The second-order valence-electron chi connectivity index (χ2n) is 3.81. The number of para-hydroxylation sites is 1. The number of methoxy groups -OCH3 is 1. The molecular formula is C12H15FN2O4. The third-order valence-electron chi connectivity index (χ3n) is 2.46. The summed E-state index contributed by atoms with van der Waals surface area (Å²) >= 11 is 0. The van der Waals surface area contributed by atoms with E-state index in [0.717, 1.165) is 11.0 Å². The molecule has 0 heterocycles. The predicted octanol–water partition coefficient (Wildman–Crippen LogP) is 0.581. The summed E-state index contributed by atoms with van der Waals surface area (Å²) in [6.07, 6.45) is 0. The summed E-state index contributed by atoms with van der Waals surface area (Å²) < 4.78 is 18.1. The molecule has 0 bridgehead atoms. The number of nitrogens with two attached hydrogens (primary N) is 1. The van der Waals surface area contributed by atoms with Gasteiger partial charge in [-0.2, -0.15) is 0 Å². The molecule has 0 aliphatic carbocycles. The number of carbonyl (C=O) groups excluding carboxylic acids is 1. The van der Waals surface area contributed by atoms with Crippen LogP contribution in [-0.4, -0.2) is 48.7 Å². The number of nitrogen functional groups attached to an aromatic ring is 1. The molecular weight excluding hydrogens is 255 g/mol. The normalized spacial score (nSPS) is 10.2. The van der Waals surface area contributed by atoms with Crippen LogP contribution < -0.4 is 5.73 Å². The van der Waals surface area contributed by atoms with Gasteiger partial charge in [0.15, 0.2) is 0 Å². The second kappa shape index (κ2) is 6.69. The predicted molar refractivity (Wildman–Crippen MR) is 66.2 cm³/mol. The van der Waals surface area contributed by atoms with E-state index >= 15 is 0 Å². The topological polar surface area (TPSA) is 92.9 Å². The van der Waals surface area contributed by atoms with Crippen LogP contribution in [0.3, 0.4) is 0 Å². The van der Waals surface area contributed by atoms with E-state index in [1.165, 1.54) is 19.2 Å². The van der Waals surface area contributed by atoms with Crippen molar-refractivity contribution in [1.29, 1.82) is 0 Å². The van der Waals surface area contributed by atoms with Crippen molar-refractivity contribution >= 4 is 17.6 Å². The Hall–Kier alpha value is -2.15. The zero-order chi connectivity index (χ0) is 14.4. The standard InChI is InChI=1S/C12H15FN2O4/c1-19-6-5-15(7-10(16)17)12(18)8-3-2-4-9(13)11(8)14/h2-4H,5-7,14H2,1H3,(H,16,17). The summed E-state index contributed by atoms with van der Waals surface area (Å²) in [7, 11) is 1.43. The van der Waals surface area contributed by atoms with E-state index in [1.807, 2.05) is 0 Å². The Morgan fingerprint density at radius 2 is 2.16 bits per heavy atom. The first-order valence-corrected chi connectivity index (χ1v) is 5.51. The van der Waals surface area contributed by atoms with Crippen LogP contribution in [0.4, 0.5) is 10.1 Å². The number of carboxylic acids is 1. The fraction of sp³-hybridized carbons (Fsp3) is 0.333. The van der Waals surface area contributed by atoms with Gasteiger partial charge in [0.1, 0.15) is 12.4 Å².